The lowest BCUT2D eigenvalue weighted by molar-refractivity contribution is -0.186. The summed E-state index contributed by atoms with van der Waals surface area (Å²) in [6.07, 6.45) is 0. The van der Waals surface area contributed by atoms with Gasteiger partial charge in [-0.1, -0.05) is 22.0 Å². The molecule has 0 spiro atoms. The van der Waals surface area contributed by atoms with Crippen LogP contribution in [0.5, 0.6) is 0 Å². The molecule has 0 aromatic heterocycles. The van der Waals surface area contributed by atoms with Gasteiger partial charge < -0.3 is 14.4 Å². The Morgan fingerprint density at radius 3 is 2.58 bits per heavy atom. The van der Waals surface area contributed by atoms with Crippen LogP contribution in [0.2, 0.25) is 0 Å². The first kappa shape index (κ1) is 14.0. The molecule has 1 amide bonds. The number of nitrogens with zero attached hydrogens (tertiary/aromatic N) is 1. The molecule has 1 fully saturated rings. The Balaban J connectivity index is 2.26. The number of ether oxygens (including phenoxy) is 2. The second-order valence-corrected chi connectivity index (χ2v) is 5.33. The summed E-state index contributed by atoms with van der Waals surface area (Å²) in [6.45, 7) is 0.133. The van der Waals surface area contributed by atoms with Crippen molar-refractivity contribution in [1.82, 2.24) is 0 Å². The van der Waals surface area contributed by atoms with Crippen LogP contribution in [0.1, 0.15) is 0 Å². The van der Waals surface area contributed by atoms with Gasteiger partial charge in [-0.05, 0) is 18.2 Å². The fourth-order valence-electron chi connectivity index (χ4n) is 1.95. The largest absolute Gasteiger partial charge is 0.468 e. The number of carbonyl (C=O) groups excluding carboxylic acids is 2. The maximum absolute atomic E-state index is 12.5. The molecule has 0 unspecified atom stereocenters. The van der Waals surface area contributed by atoms with Gasteiger partial charge in [0.25, 0.3) is 0 Å². The Labute approximate surface area is 119 Å². The quantitative estimate of drug-likeness (QED) is 0.625. The minimum atomic E-state index is -1.20. The van der Waals surface area contributed by atoms with Crippen molar-refractivity contribution in [2.75, 3.05) is 32.3 Å². The van der Waals surface area contributed by atoms with E-state index in [0.29, 0.717) is 5.69 Å². The van der Waals surface area contributed by atoms with Crippen LogP contribution >= 0.6 is 15.9 Å². The number of hydrogen-bond acceptors (Lipinski definition) is 4. The van der Waals surface area contributed by atoms with Gasteiger partial charge in [0.15, 0.2) is 5.41 Å². The summed E-state index contributed by atoms with van der Waals surface area (Å²) in [5, 5.41) is 0. The van der Waals surface area contributed by atoms with Crippen molar-refractivity contribution in [3.8, 4) is 0 Å². The molecule has 6 heteroatoms. The van der Waals surface area contributed by atoms with E-state index in [9.17, 15) is 9.59 Å². The maximum Gasteiger partial charge on any atom is 0.326 e. The number of hydrogen-bond donors (Lipinski definition) is 0. The molecule has 1 heterocycles. The molecule has 2 rings (SSSR count). The smallest absolute Gasteiger partial charge is 0.326 e. The fraction of sp³-hybridized carbons (Fsp3) is 0.385. The predicted molar refractivity (Wildman–Crippen MR) is 72.8 cm³/mol. The third-order valence-corrected chi connectivity index (χ3v) is 3.68. The molecule has 19 heavy (non-hydrogen) atoms. The van der Waals surface area contributed by atoms with E-state index >= 15 is 0 Å². The van der Waals surface area contributed by atoms with Gasteiger partial charge in [-0.3, -0.25) is 9.59 Å². The van der Waals surface area contributed by atoms with Crippen LogP contribution in [0.3, 0.4) is 0 Å². The highest BCUT2D eigenvalue weighted by atomic mass is 79.9. The van der Waals surface area contributed by atoms with Gasteiger partial charge in [0.1, 0.15) is 0 Å². The standard InChI is InChI=1S/C13H14BrNO4/c1-15(10-5-3-4-9(14)6-10)11(16)13(7-19-8-13)12(17)18-2/h3-6H,7-8H2,1-2H3. The molecule has 1 aromatic carbocycles. The Morgan fingerprint density at radius 1 is 1.42 bits per heavy atom. The SMILES string of the molecule is COC(=O)C1(C(=O)N(C)c2cccc(Br)c2)COC1. The van der Waals surface area contributed by atoms with Gasteiger partial charge in [0.05, 0.1) is 20.3 Å². The average molecular weight is 328 g/mol. The molecule has 0 atom stereocenters. The van der Waals surface area contributed by atoms with E-state index in [0.717, 1.165) is 4.47 Å². The maximum atomic E-state index is 12.5. The third-order valence-electron chi connectivity index (χ3n) is 3.18. The predicted octanol–water partition coefficient (Wildman–Crippen LogP) is 1.60. The number of carbonyl (C=O) groups is 2. The van der Waals surface area contributed by atoms with E-state index in [1.54, 1.807) is 13.1 Å². The molecular formula is C13H14BrNO4. The lowest BCUT2D eigenvalue weighted by atomic mass is 9.84. The van der Waals surface area contributed by atoms with Crippen molar-refractivity contribution in [2.24, 2.45) is 5.41 Å². The zero-order valence-corrected chi connectivity index (χ0v) is 12.3. The van der Waals surface area contributed by atoms with E-state index in [2.05, 4.69) is 15.9 Å². The van der Waals surface area contributed by atoms with Crippen LogP contribution in [-0.2, 0) is 19.1 Å². The molecule has 1 aromatic rings. The minimum Gasteiger partial charge on any atom is -0.468 e. The monoisotopic (exact) mass is 327 g/mol. The summed E-state index contributed by atoms with van der Waals surface area (Å²) >= 11 is 3.35. The molecule has 1 saturated heterocycles. The lowest BCUT2D eigenvalue weighted by Crippen LogP contribution is -2.59. The van der Waals surface area contributed by atoms with Crippen molar-refractivity contribution in [1.29, 1.82) is 0 Å². The van der Waals surface area contributed by atoms with Crippen molar-refractivity contribution >= 4 is 33.5 Å². The highest BCUT2D eigenvalue weighted by Crippen LogP contribution is 2.33. The number of esters is 1. The average Bonchev–Trinajstić information content (AvgIpc) is 2.36. The molecule has 0 saturated carbocycles. The topological polar surface area (TPSA) is 55.8 Å². The number of methoxy groups -OCH3 is 1. The van der Waals surface area contributed by atoms with Crippen molar-refractivity contribution in [3.05, 3.63) is 28.7 Å². The van der Waals surface area contributed by atoms with E-state index in [4.69, 9.17) is 9.47 Å². The summed E-state index contributed by atoms with van der Waals surface area (Å²) in [4.78, 5) is 25.7. The van der Waals surface area contributed by atoms with Crippen molar-refractivity contribution in [2.45, 2.75) is 0 Å². The first-order chi connectivity index (χ1) is 9.01. The summed E-state index contributed by atoms with van der Waals surface area (Å²) in [7, 11) is 2.90. The second-order valence-electron chi connectivity index (χ2n) is 4.41. The zero-order chi connectivity index (χ0) is 14.0. The highest BCUT2D eigenvalue weighted by molar-refractivity contribution is 9.10. The van der Waals surface area contributed by atoms with Crippen molar-refractivity contribution < 1.29 is 19.1 Å². The molecule has 0 aliphatic carbocycles. The molecule has 0 N–H and O–H groups in total. The summed E-state index contributed by atoms with van der Waals surface area (Å²) in [6, 6.07) is 7.30. The number of anilines is 1. The summed E-state index contributed by atoms with van der Waals surface area (Å²) in [5.74, 6) is -0.866. The van der Waals surface area contributed by atoms with Gasteiger partial charge in [-0.25, -0.2) is 0 Å². The fourth-order valence-corrected chi connectivity index (χ4v) is 2.34. The molecule has 102 valence electrons. The van der Waals surface area contributed by atoms with E-state index in [1.165, 1.54) is 12.0 Å². The first-order valence-corrected chi connectivity index (χ1v) is 6.50. The number of rotatable bonds is 3. The molecule has 5 nitrogen and oxygen atoms in total. The van der Waals surface area contributed by atoms with Gasteiger partial charge in [-0.2, -0.15) is 0 Å². The third kappa shape index (κ3) is 2.37. The number of halogens is 1. The first-order valence-electron chi connectivity index (χ1n) is 5.71. The summed E-state index contributed by atoms with van der Waals surface area (Å²) in [5.41, 5.74) is -0.499. The molecule has 1 aliphatic rings. The molecule has 0 bridgehead atoms. The van der Waals surface area contributed by atoms with Crippen LogP contribution in [-0.4, -0.2) is 39.2 Å². The molecular weight excluding hydrogens is 314 g/mol. The van der Waals surface area contributed by atoms with Crippen molar-refractivity contribution in [3.63, 3.8) is 0 Å². The Kier molecular flexibility index (Phi) is 3.91. The Bertz CT molecular complexity index is 513. The van der Waals surface area contributed by atoms with Crippen LogP contribution in [0.15, 0.2) is 28.7 Å². The second kappa shape index (κ2) is 5.30. The Morgan fingerprint density at radius 2 is 2.11 bits per heavy atom. The highest BCUT2D eigenvalue weighted by Gasteiger charge is 2.55. The lowest BCUT2D eigenvalue weighted by Gasteiger charge is -2.39. The summed E-state index contributed by atoms with van der Waals surface area (Å²) < 4.78 is 10.6. The van der Waals surface area contributed by atoms with E-state index in [1.807, 2.05) is 18.2 Å². The normalized spacial score (nSPS) is 16.4. The van der Waals surface area contributed by atoms with Gasteiger partial charge >= 0.3 is 5.97 Å². The van der Waals surface area contributed by atoms with Gasteiger partial charge in [0.2, 0.25) is 5.91 Å². The molecule has 1 aliphatic heterocycles. The minimum absolute atomic E-state index is 0.0663. The van der Waals surface area contributed by atoms with E-state index in [-0.39, 0.29) is 19.1 Å². The van der Waals surface area contributed by atoms with Crippen LogP contribution in [0.4, 0.5) is 5.69 Å². The van der Waals surface area contributed by atoms with Crippen LogP contribution < -0.4 is 4.90 Å². The number of amides is 1. The van der Waals surface area contributed by atoms with Gasteiger partial charge in [0, 0.05) is 17.2 Å². The van der Waals surface area contributed by atoms with Crippen LogP contribution in [0.25, 0.3) is 0 Å². The van der Waals surface area contributed by atoms with Crippen LogP contribution in [0, 0.1) is 5.41 Å². The van der Waals surface area contributed by atoms with Gasteiger partial charge in [-0.15, -0.1) is 0 Å². The van der Waals surface area contributed by atoms with E-state index < -0.39 is 11.4 Å². The Hall–Kier alpha value is -1.40. The zero-order valence-electron chi connectivity index (χ0n) is 10.7. The number of benzene rings is 1. The molecule has 0 radical (unpaired) electrons.